The summed E-state index contributed by atoms with van der Waals surface area (Å²) >= 11 is 0. The number of carboxylic acid groups (broad SMARTS) is 1. The lowest BCUT2D eigenvalue weighted by atomic mass is 10.2. The Balaban J connectivity index is 1.82. The fourth-order valence-corrected chi connectivity index (χ4v) is 2.57. The van der Waals surface area contributed by atoms with Crippen LogP contribution in [0.15, 0.2) is 0 Å². The molecule has 18 heavy (non-hydrogen) atoms. The first kappa shape index (κ1) is 13.1. The maximum Gasteiger partial charge on any atom is 0.320 e. The van der Waals surface area contributed by atoms with Crippen LogP contribution in [-0.2, 0) is 4.79 Å². The van der Waals surface area contributed by atoms with Crippen LogP contribution in [0.2, 0.25) is 0 Å². The highest BCUT2D eigenvalue weighted by atomic mass is 16.4. The van der Waals surface area contributed by atoms with Gasteiger partial charge in [0.25, 0.3) is 0 Å². The van der Waals surface area contributed by atoms with E-state index in [1.165, 1.54) is 0 Å². The lowest BCUT2D eigenvalue weighted by molar-refractivity contribution is -0.143. The van der Waals surface area contributed by atoms with Crippen LogP contribution in [0.4, 0.5) is 4.79 Å². The van der Waals surface area contributed by atoms with Crippen LogP contribution in [0.3, 0.4) is 0 Å². The number of rotatable bonds is 2. The third kappa shape index (κ3) is 2.75. The van der Waals surface area contributed by atoms with Crippen molar-refractivity contribution in [2.24, 2.45) is 0 Å². The molecule has 2 saturated heterocycles. The molecule has 0 aromatic rings. The summed E-state index contributed by atoms with van der Waals surface area (Å²) in [6, 6.07) is -0.343. The highest BCUT2D eigenvalue weighted by Crippen LogP contribution is 2.13. The van der Waals surface area contributed by atoms with Crippen molar-refractivity contribution in [2.75, 3.05) is 39.3 Å². The largest absolute Gasteiger partial charge is 0.480 e. The number of urea groups is 1. The van der Waals surface area contributed by atoms with Crippen molar-refractivity contribution in [1.29, 1.82) is 0 Å². The van der Waals surface area contributed by atoms with E-state index < -0.39 is 12.0 Å². The molecule has 2 aliphatic rings. The third-order valence-electron chi connectivity index (χ3n) is 3.87. The van der Waals surface area contributed by atoms with Crippen molar-refractivity contribution in [3.63, 3.8) is 0 Å². The van der Waals surface area contributed by atoms with E-state index in [1.807, 2.05) is 14.7 Å². The van der Waals surface area contributed by atoms with E-state index in [1.54, 1.807) is 6.92 Å². The fraction of sp³-hybridized carbons (Fsp3) is 0.833. The minimum absolute atomic E-state index is 0.120. The van der Waals surface area contributed by atoms with Crippen molar-refractivity contribution >= 4 is 12.0 Å². The predicted molar refractivity (Wildman–Crippen MR) is 66.4 cm³/mol. The molecular weight excluding hydrogens is 234 g/mol. The van der Waals surface area contributed by atoms with Crippen molar-refractivity contribution in [2.45, 2.75) is 25.8 Å². The monoisotopic (exact) mass is 255 g/mol. The van der Waals surface area contributed by atoms with Crippen LogP contribution in [-0.4, -0.2) is 77.1 Å². The van der Waals surface area contributed by atoms with Gasteiger partial charge in [-0.05, 0) is 19.8 Å². The van der Waals surface area contributed by atoms with Crippen LogP contribution in [0, 0.1) is 0 Å². The molecule has 1 atom stereocenters. The Kier molecular flexibility index (Phi) is 4.06. The number of carbonyl (C=O) groups excluding carboxylic acids is 1. The van der Waals surface area contributed by atoms with Gasteiger partial charge in [0.15, 0.2) is 0 Å². The van der Waals surface area contributed by atoms with Gasteiger partial charge in [0.05, 0.1) is 0 Å². The quantitative estimate of drug-likeness (QED) is 0.770. The van der Waals surface area contributed by atoms with E-state index in [0.717, 1.165) is 25.9 Å². The number of aliphatic carboxylic acids is 1. The number of hydrogen-bond acceptors (Lipinski definition) is 3. The van der Waals surface area contributed by atoms with Crippen molar-refractivity contribution in [1.82, 2.24) is 14.7 Å². The molecule has 2 rings (SSSR count). The van der Waals surface area contributed by atoms with Gasteiger partial charge in [-0.25, -0.2) is 4.79 Å². The van der Waals surface area contributed by atoms with Gasteiger partial charge in [0, 0.05) is 39.3 Å². The fourth-order valence-electron chi connectivity index (χ4n) is 2.57. The standard InChI is InChI=1S/C12H21N3O3/c1-10(11(16)17)13-6-8-15(9-7-13)12(18)14-4-2-3-5-14/h10H,2-9H2,1H3,(H,16,17). The number of piperazine rings is 1. The molecule has 0 saturated carbocycles. The highest BCUT2D eigenvalue weighted by molar-refractivity contribution is 5.75. The summed E-state index contributed by atoms with van der Waals surface area (Å²) in [4.78, 5) is 28.7. The van der Waals surface area contributed by atoms with E-state index in [9.17, 15) is 9.59 Å². The van der Waals surface area contributed by atoms with Crippen LogP contribution in [0.1, 0.15) is 19.8 Å². The molecule has 0 aliphatic carbocycles. The highest BCUT2D eigenvalue weighted by Gasteiger charge is 2.29. The molecule has 2 aliphatic heterocycles. The molecule has 0 spiro atoms. The molecule has 0 aromatic heterocycles. The molecule has 0 bridgehead atoms. The Morgan fingerprint density at radius 3 is 1.94 bits per heavy atom. The minimum atomic E-state index is -0.797. The van der Waals surface area contributed by atoms with Crippen LogP contribution < -0.4 is 0 Å². The Bertz CT molecular complexity index is 321. The summed E-state index contributed by atoms with van der Waals surface area (Å²) in [6.45, 7) is 5.98. The Labute approximate surface area is 107 Å². The normalized spacial score (nSPS) is 23.2. The van der Waals surface area contributed by atoms with Crippen LogP contribution >= 0.6 is 0 Å². The Morgan fingerprint density at radius 2 is 1.44 bits per heavy atom. The second kappa shape index (κ2) is 5.56. The lowest BCUT2D eigenvalue weighted by Gasteiger charge is -2.38. The number of carbonyl (C=O) groups is 2. The summed E-state index contributed by atoms with van der Waals surface area (Å²) in [6.07, 6.45) is 2.20. The number of amides is 2. The van der Waals surface area contributed by atoms with Gasteiger partial charge in [0.2, 0.25) is 0 Å². The molecular formula is C12H21N3O3. The molecule has 2 amide bonds. The Morgan fingerprint density at radius 1 is 0.944 bits per heavy atom. The van der Waals surface area contributed by atoms with E-state index in [2.05, 4.69) is 0 Å². The number of likely N-dealkylation sites (tertiary alicyclic amines) is 1. The van der Waals surface area contributed by atoms with Crippen LogP contribution in [0.5, 0.6) is 0 Å². The molecule has 1 N–H and O–H groups in total. The van der Waals surface area contributed by atoms with Gasteiger partial charge in [-0.1, -0.05) is 0 Å². The van der Waals surface area contributed by atoms with Crippen LogP contribution in [0.25, 0.3) is 0 Å². The summed E-state index contributed by atoms with van der Waals surface area (Å²) < 4.78 is 0. The number of carboxylic acids is 1. The maximum atomic E-state index is 12.1. The third-order valence-corrected chi connectivity index (χ3v) is 3.87. The second-order valence-electron chi connectivity index (χ2n) is 5.01. The zero-order valence-corrected chi connectivity index (χ0v) is 10.8. The zero-order chi connectivity index (χ0) is 13.1. The van der Waals surface area contributed by atoms with E-state index in [-0.39, 0.29) is 6.03 Å². The van der Waals surface area contributed by atoms with Crippen molar-refractivity contribution < 1.29 is 14.7 Å². The number of hydrogen-bond donors (Lipinski definition) is 1. The van der Waals surface area contributed by atoms with Gasteiger partial charge in [0.1, 0.15) is 6.04 Å². The molecule has 0 aromatic carbocycles. The first-order valence-corrected chi connectivity index (χ1v) is 6.60. The van der Waals surface area contributed by atoms with Gasteiger partial charge < -0.3 is 14.9 Å². The predicted octanol–water partition coefficient (Wildman–Crippen LogP) is 0.293. The van der Waals surface area contributed by atoms with E-state index >= 15 is 0 Å². The Hall–Kier alpha value is -1.30. The van der Waals surface area contributed by atoms with Crippen molar-refractivity contribution in [3.8, 4) is 0 Å². The van der Waals surface area contributed by atoms with Gasteiger partial charge in [-0.15, -0.1) is 0 Å². The first-order valence-electron chi connectivity index (χ1n) is 6.60. The average molecular weight is 255 g/mol. The van der Waals surface area contributed by atoms with E-state index in [4.69, 9.17) is 5.11 Å². The first-order chi connectivity index (χ1) is 8.59. The number of nitrogens with zero attached hydrogens (tertiary/aromatic N) is 3. The zero-order valence-electron chi connectivity index (χ0n) is 10.8. The smallest absolute Gasteiger partial charge is 0.320 e. The minimum Gasteiger partial charge on any atom is -0.480 e. The van der Waals surface area contributed by atoms with Gasteiger partial charge >= 0.3 is 12.0 Å². The summed E-state index contributed by atoms with van der Waals surface area (Å²) in [5.74, 6) is -0.797. The topological polar surface area (TPSA) is 64.1 Å². The van der Waals surface area contributed by atoms with Gasteiger partial charge in [-0.3, -0.25) is 9.69 Å². The SMILES string of the molecule is CC(C(=O)O)N1CCN(C(=O)N2CCCC2)CC1. The van der Waals surface area contributed by atoms with Crippen molar-refractivity contribution in [3.05, 3.63) is 0 Å². The molecule has 2 fully saturated rings. The summed E-state index contributed by atoms with van der Waals surface area (Å²) in [5.41, 5.74) is 0. The average Bonchev–Trinajstić information content (AvgIpc) is 2.91. The molecule has 2 heterocycles. The molecule has 102 valence electrons. The van der Waals surface area contributed by atoms with E-state index in [0.29, 0.717) is 26.2 Å². The van der Waals surface area contributed by atoms with Gasteiger partial charge in [-0.2, -0.15) is 0 Å². The molecule has 6 heteroatoms. The maximum absolute atomic E-state index is 12.1. The summed E-state index contributed by atoms with van der Waals surface area (Å²) in [5, 5.41) is 8.95. The molecule has 0 radical (unpaired) electrons. The second-order valence-corrected chi connectivity index (χ2v) is 5.01. The molecule has 6 nitrogen and oxygen atoms in total. The lowest BCUT2D eigenvalue weighted by Crippen LogP contribution is -2.55. The summed E-state index contributed by atoms with van der Waals surface area (Å²) in [7, 11) is 0. The molecule has 1 unspecified atom stereocenters.